The molecule has 0 aromatic heterocycles. The van der Waals surface area contributed by atoms with Crippen LogP contribution in [0.2, 0.25) is 5.02 Å². The van der Waals surface area contributed by atoms with Gasteiger partial charge in [0.05, 0.1) is 11.6 Å². The van der Waals surface area contributed by atoms with E-state index >= 15 is 0 Å². The van der Waals surface area contributed by atoms with E-state index in [2.05, 4.69) is 0 Å². The standard InChI is InChI=1S/C17H17ClO3/c1-3-10-20-16-6-4-5-7-17(16)21-15-9-8-13(12(2)19)11-14(15)18/h4-9,11H,3,10H2,1-2H3. The van der Waals surface area contributed by atoms with Crippen molar-refractivity contribution in [3.8, 4) is 17.2 Å². The monoisotopic (exact) mass is 304 g/mol. The predicted octanol–water partition coefficient (Wildman–Crippen LogP) is 5.12. The second-order valence-electron chi connectivity index (χ2n) is 4.60. The smallest absolute Gasteiger partial charge is 0.169 e. The van der Waals surface area contributed by atoms with Crippen molar-refractivity contribution in [1.29, 1.82) is 0 Å². The van der Waals surface area contributed by atoms with Crippen molar-refractivity contribution in [2.45, 2.75) is 20.3 Å². The maximum absolute atomic E-state index is 11.3. The Hall–Kier alpha value is -2.00. The van der Waals surface area contributed by atoms with Gasteiger partial charge in [-0.05, 0) is 43.7 Å². The van der Waals surface area contributed by atoms with Gasteiger partial charge in [0.1, 0.15) is 5.75 Å². The zero-order chi connectivity index (χ0) is 15.2. The van der Waals surface area contributed by atoms with Crippen LogP contribution in [0.25, 0.3) is 0 Å². The molecule has 2 rings (SSSR count). The molecule has 0 saturated heterocycles. The number of rotatable bonds is 6. The third-order valence-corrected chi connectivity index (χ3v) is 3.16. The molecule has 21 heavy (non-hydrogen) atoms. The third kappa shape index (κ3) is 3.99. The van der Waals surface area contributed by atoms with Crippen LogP contribution in [-0.4, -0.2) is 12.4 Å². The molecule has 0 unspecified atom stereocenters. The molecule has 0 aliphatic heterocycles. The number of ketones is 1. The summed E-state index contributed by atoms with van der Waals surface area (Å²) in [5, 5.41) is 0.396. The van der Waals surface area contributed by atoms with Crippen LogP contribution < -0.4 is 9.47 Å². The van der Waals surface area contributed by atoms with Crippen LogP contribution in [0.4, 0.5) is 0 Å². The molecular weight excluding hydrogens is 288 g/mol. The van der Waals surface area contributed by atoms with Crippen LogP contribution in [0.3, 0.4) is 0 Å². The topological polar surface area (TPSA) is 35.5 Å². The van der Waals surface area contributed by atoms with Crippen molar-refractivity contribution < 1.29 is 14.3 Å². The first kappa shape index (κ1) is 15.4. The average Bonchev–Trinajstić information content (AvgIpc) is 2.48. The SMILES string of the molecule is CCCOc1ccccc1Oc1ccc(C(C)=O)cc1Cl. The molecule has 0 N–H and O–H groups in total. The minimum absolute atomic E-state index is 0.0323. The molecule has 0 heterocycles. The second-order valence-corrected chi connectivity index (χ2v) is 5.01. The average molecular weight is 305 g/mol. The van der Waals surface area contributed by atoms with E-state index in [9.17, 15) is 4.79 Å². The summed E-state index contributed by atoms with van der Waals surface area (Å²) >= 11 is 6.16. The highest BCUT2D eigenvalue weighted by Crippen LogP contribution is 2.35. The maximum atomic E-state index is 11.3. The zero-order valence-corrected chi connectivity index (χ0v) is 12.8. The van der Waals surface area contributed by atoms with E-state index in [-0.39, 0.29) is 5.78 Å². The van der Waals surface area contributed by atoms with Crippen molar-refractivity contribution in [3.05, 3.63) is 53.1 Å². The lowest BCUT2D eigenvalue weighted by Gasteiger charge is -2.13. The van der Waals surface area contributed by atoms with Crippen LogP contribution in [0.5, 0.6) is 17.2 Å². The number of ether oxygens (including phenoxy) is 2. The summed E-state index contributed by atoms with van der Waals surface area (Å²) in [4.78, 5) is 11.3. The molecule has 0 spiro atoms. The highest BCUT2D eigenvalue weighted by Gasteiger charge is 2.10. The van der Waals surface area contributed by atoms with Crippen LogP contribution in [0.1, 0.15) is 30.6 Å². The molecule has 0 aliphatic rings. The summed E-state index contributed by atoms with van der Waals surface area (Å²) < 4.78 is 11.4. The van der Waals surface area contributed by atoms with Crippen LogP contribution in [0.15, 0.2) is 42.5 Å². The molecule has 2 aromatic carbocycles. The summed E-state index contributed by atoms with van der Waals surface area (Å²) in [6.07, 6.45) is 0.919. The van der Waals surface area contributed by atoms with Crippen molar-refractivity contribution in [3.63, 3.8) is 0 Å². The Morgan fingerprint density at radius 2 is 1.81 bits per heavy atom. The maximum Gasteiger partial charge on any atom is 0.169 e. The fourth-order valence-electron chi connectivity index (χ4n) is 1.79. The lowest BCUT2D eigenvalue weighted by molar-refractivity contribution is 0.101. The van der Waals surface area contributed by atoms with E-state index in [0.717, 1.165) is 6.42 Å². The van der Waals surface area contributed by atoms with E-state index in [0.29, 0.717) is 34.4 Å². The lowest BCUT2D eigenvalue weighted by Crippen LogP contribution is -1.98. The molecule has 0 saturated carbocycles. The largest absolute Gasteiger partial charge is 0.490 e. The van der Waals surface area contributed by atoms with Crippen molar-refractivity contribution >= 4 is 17.4 Å². The molecule has 0 aliphatic carbocycles. The number of benzene rings is 2. The van der Waals surface area contributed by atoms with Gasteiger partial charge < -0.3 is 9.47 Å². The van der Waals surface area contributed by atoms with E-state index < -0.39 is 0 Å². The first-order valence-corrected chi connectivity index (χ1v) is 7.19. The summed E-state index contributed by atoms with van der Waals surface area (Å²) in [6, 6.07) is 12.4. The van der Waals surface area contributed by atoms with Crippen LogP contribution >= 0.6 is 11.6 Å². The third-order valence-electron chi connectivity index (χ3n) is 2.87. The van der Waals surface area contributed by atoms with Gasteiger partial charge in [0, 0.05) is 5.56 Å². The van der Waals surface area contributed by atoms with E-state index in [1.54, 1.807) is 18.2 Å². The van der Waals surface area contributed by atoms with Crippen molar-refractivity contribution in [2.24, 2.45) is 0 Å². The number of carbonyl (C=O) groups excluding carboxylic acids is 1. The number of carbonyl (C=O) groups is 1. The highest BCUT2D eigenvalue weighted by atomic mass is 35.5. The number of halogens is 1. The van der Waals surface area contributed by atoms with E-state index in [1.165, 1.54) is 6.92 Å². The Morgan fingerprint density at radius 1 is 1.10 bits per heavy atom. The molecule has 110 valence electrons. The van der Waals surface area contributed by atoms with Gasteiger partial charge in [0.15, 0.2) is 17.3 Å². The van der Waals surface area contributed by atoms with Crippen LogP contribution in [0, 0.1) is 0 Å². The predicted molar refractivity (Wildman–Crippen MR) is 83.8 cm³/mol. The number of hydrogen-bond donors (Lipinski definition) is 0. The number of hydrogen-bond acceptors (Lipinski definition) is 3. The Labute approximate surface area is 129 Å². The van der Waals surface area contributed by atoms with Gasteiger partial charge in [-0.1, -0.05) is 30.7 Å². The molecular formula is C17H17ClO3. The first-order chi connectivity index (χ1) is 10.1. The van der Waals surface area contributed by atoms with Gasteiger partial charge >= 0.3 is 0 Å². The molecule has 0 fully saturated rings. The van der Waals surface area contributed by atoms with Crippen molar-refractivity contribution in [1.82, 2.24) is 0 Å². The Bertz CT molecular complexity index is 638. The highest BCUT2D eigenvalue weighted by molar-refractivity contribution is 6.32. The van der Waals surface area contributed by atoms with Crippen LogP contribution in [-0.2, 0) is 0 Å². The van der Waals surface area contributed by atoms with E-state index in [1.807, 2.05) is 31.2 Å². The molecule has 0 amide bonds. The first-order valence-electron chi connectivity index (χ1n) is 6.82. The fraction of sp³-hybridized carbons (Fsp3) is 0.235. The van der Waals surface area contributed by atoms with Gasteiger partial charge in [-0.25, -0.2) is 0 Å². The van der Waals surface area contributed by atoms with Crippen molar-refractivity contribution in [2.75, 3.05) is 6.61 Å². The van der Waals surface area contributed by atoms with Gasteiger partial charge in [0.2, 0.25) is 0 Å². The molecule has 4 heteroatoms. The quantitative estimate of drug-likeness (QED) is 0.694. The molecule has 3 nitrogen and oxygen atoms in total. The Balaban J connectivity index is 2.24. The Morgan fingerprint density at radius 3 is 2.43 bits per heavy atom. The van der Waals surface area contributed by atoms with Gasteiger partial charge in [-0.3, -0.25) is 4.79 Å². The lowest BCUT2D eigenvalue weighted by atomic mass is 10.1. The van der Waals surface area contributed by atoms with Gasteiger partial charge in [-0.15, -0.1) is 0 Å². The summed E-state index contributed by atoms with van der Waals surface area (Å²) in [5.74, 6) is 1.74. The number of Topliss-reactive ketones (excluding diaryl/α,β-unsaturated/α-hetero) is 1. The zero-order valence-electron chi connectivity index (χ0n) is 12.1. The summed E-state index contributed by atoms with van der Waals surface area (Å²) in [7, 11) is 0. The fourth-order valence-corrected chi connectivity index (χ4v) is 2.01. The number of para-hydroxylation sites is 2. The van der Waals surface area contributed by atoms with Gasteiger partial charge in [0.25, 0.3) is 0 Å². The summed E-state index contributed by atoms with van der Waals surface area (Å²) in [6.45, 7) is 4.16. The second kappa shape index (κ2) is 7.14. The summed E-state index contributed by atoms with van der Waals surface area (Å²) in [5.41, 5.74) is 0.558. The minimum Gasteiger partial charge on any atom is -0.490 e. The molecule has 0 radical (unpaired) electrons. The van der Waals surface area contributed by atoms with E-state index in [4.69, 9.17) is 21.1 Å². The normalized spacial score (nSPS) is 10.2. The van der Waals surface area contributed by atoms with Gasteiger partial charge in [-0.2, -0.15) is 0 Å². The molecule has 0 atom stereocenters. The minimum atomic E-state index is -0.0323. The molecule has 2 aromatic rings. The molecule has 0 bridgehead atoms. The Kier molecular flexibility index (Phi) is 5.23.